The highest BCUT2D eigenvalue weighted by Crippen LogP contribution is 2.29. The van der Waals surface area contributed by atoms with E-state index in [9.17, 15) is 9.59 Å². The number of carbonyl (C=O) groups excluding carboxylic acids is 2. The van der Waals surface area contributed by atoms with Crippen molar-refractivity contribution in [2.24, 2.45) is 0 Å². The van der Waals surface area contributed by atoms with Crippen LogP contribution in [0.5, 0.6) is 0 Å². The Labute approximate surface area is 225 Å². The fraction of sp³-hybridized carbons (Fsp3) is 0.370. The number of amides is 2. The molecule has 204 valence electrons. The number of anilines is 1. The number of carbonyl (C=O) groups is 2. The predicted molar refractivity (Wildman–Crippen MR) is 148 cm³/mol. The maximum Gasteiger partial charge on any atom is 0.244 e. The Bertz CT molecular complexity index is 1500. The van der Waals surface area contributed by atoms with Gasteiger partial charge in [-0.15, -0.1) is 5.10 Å². The molecule has 0 atom stereocenters. The third kappa shape index (κ3) is 6.41. The van der Waals surface area contributed by atoms with Crippen molar-refractivity contribution >= 4 is 34.1 Å². The van der Waals surface area contributed by atoms with E-state index < -0.39 is 0 Å². The van der Waals surface area contributed by atoms with E-state index in [1.807, 2.05) is 42.8 Å². The predicted octanol–water partition coefficient (Wildman–Crippen LogP) is 1.40. The number of aromatic nitrogens is 5. The molecule has 0 radical (unpaired) electrons. The van der Waals surface area contributed by atoms with Crippen LogP contribution in [-0.4, -0.2) is 82.5 Å². The number of rotatable bonds is 10. The first-order chi connectivity index (χ1) is 19.0. The second kappa shape index (κ2) is 12.0. The molecule has 12 nitrogen and oxygen atoms in total. The summed E-state index contributed by atoms with van der Waals surface area (Å²) in [6.45, 7) is 8.07. The third-order valence-electron chi connectivity index (χ3n) is 6.33. The molecule has 2 amide bonds. The van der Waals surface area contributed by atoms with Crippen LogP contribution in [0, 0.1) is 0 Å². The number of hydrogen-bond acceptors (Lipinski definition) is 8. The van der Waals surface area contributed by atoms with Crippen molar-refractivity contribution in [3.05, 3.63) is 53.9 Å². The minimum absolute atomic E-state index is 0.0502. The maximum absolute atomic E-state index is 12.0. The average molecular weight is 532 g/mol. The lowest BCUT2D eigenvalue weighted by molar-refractivity contribution is -0.123. The normalized spacial score (nSPS) is 13.5. The number of allylic oxidation sites excluding steroid dienone is 1. The molecule has 0 spiro atoms. The van der Waals surface area contributed by atoms with Crippen molar-refractivity contribution in [2.75, 3.05) is 50.8 Å². The zero-order valence-electron chi connectivity index (χ0n) is 22.2. The molecule has 1 aromatic carbocycles. The minimum atomic E-state index is -0.270. The zero-order chi connectivity index (χ0) is 27.2. The van der Waals surface area contributed by atoms with Crippen LogP contribution in [0.4, 0.5) is 5.82 Å². The lowest BCUT2D eigenvalue weighted by Crippen LogP contribution is -2.39. The summed E-state index contributed by atoms with van der Waals surface area (Å²) in [5.41, 5.74) is 4.71. The molecule has 0 saturated carbocycles. The molecule has 12 heteroatoms. The van der Waals surface area contributed by atoms with Gasteiger partial charge in [-0.25, -0.2) is 9.50 Å². The second-order valence-electron chi connectivity index (χ2n) is 9.64. The monoisotopic (exact) mass is 531 g/mol. The van der Waals surface area contributed by atoms with E-state index in [4.69, 9.17) is 14.8 Å². The average Bonchev–Trinajstić information content (AvgIpc) is 3.58. The summed E-state index contributed by atoms with van der Waals surface area (Å²) in [6.07, 6.45) is 5.27. The molecular weight excluding hydrogens is 498 g/mol. The molecule has 0 aliphatic carbocycles. The van der Waals surface area contributed by atoms with Gasteiger partial charge in [-0.1, -0.05) is 17.7 Å². The Morgan fingerprint density at radius 3 is 2.82 bits per heavy atom. The van der Waals surface area contributed by atoms with Gasteiger partial charge in [0.15, 0.2) is 11.6 Å². The van der Waals surface area contributed by atoms with E-state index in [0.717, 1.165) is 52.0 Å². The Morgan fingerprint density at radius 2 is 2.00 bits per heavy atom. The molecule has 4 aromatic rings. The van der Waals surface area contributed by atoms with Crippen LogP contribution >= 0.6 is 0 Å². The van der Waals surface area contributed by atoms with Crippen LogP contribution in [0.15, 0.2) is 48.3 Å². The fourth-order valence-corrected chi connectivity index (χ4v) is 4.49. The number of H-pyrrole nitrogens is 1. The first-order valence-electron chi connectivity index (χ1n) is 13.0. The molecule has 4 heterocycles. The Balaban J connectivity index is 1.26. The highest BCUT2D eigenvalue weighted by molar-refractivity contribution is 5.93. The molecule has 4 N–H and O–H groups in total. The van der Waals surface area contributed by atoms with Crippen LogP contribution in [0.3, 0.4) is 0 Å². The first kappa shape index (κ1) is 26.3. The van der Waals surface area contributed by atoms with Crippen molar-refractivity contribution in [3.8, 4) is 11.4 Å². The van der Waals surface area contributed by atoms with E-state index >= 15 is 0 Å². The summed E-state index contributed by atoms with van der Waals surface area (Å²) in [4.78, 5) is 30.9. The number of nitrogens with one attached hydrogen (secondary N) is 4. The third-order valence-corrected chi connectivity index (χ3v) is 6.33. The van der Waals surface area contributed by atoms with Gasteiger partial charge in [-0.3, -0.25) is 14.7 Å². The van der Waals surface area contributed by atoms with Crippen LogP contribution in [0.25, 0.3) is 27.8 Å². The lowest BCUT2D eigenvalue weighted by Gasteiger charge is -2.28. The summed E-state index contributed by atoms with van der Waals surface area (Å²) in [6, 6.07) is 8.06. The van der Waals surface area contributed by atoms with Gasteiger partial charge < -0.3 is 25.6 Å². The number of aromatic amines is 1. The van der Waals surface area contributed by atoms with E-state index in [1.54, 1.807) is 6.20 Å². The highest BCUT2D eigenvalue weighted by atomic mass is 16.5. The standard InChI is InChI=1S/C27H33N9O3/c1-18(2)12-24(37)30-16-25(38)29-7-6-28-14-19-13-23-27(35-8-10-39-11-9-35)32-26(34-36(23)17-19)20-4-3-5-22-21(20)15-31-33-22/h3-5,12-13,15,17,28H,6-11,14,16H2,1-2H3,(H,29,38)(H,30,37)(H,31,33). The molecular formula is C27H33N9O3. The summed E-state index contributed by atoms with van der Waals surface area (Å²) in [5, 5.41) is 21.8. The van der Waals surface area contributed by atoms with Gasteiger partial charge >= 0.3 is 0 Å². The minimum Gasteiger partial charge on any atom is -0.378 e. The van der Waals surface area contributed by atoms with Gasteiger partial charge in [0.1, 0.15) is 5.52 Å². The Hall–Kier alpha value is -4.29. The number of fused-ring (bicyclic) bond motifs is 2. The quantitative estimate of drug-likeness (QED) is 0.178. The van der Waals surface area contributed by atoms with Gasteiger partial charge in [0, 0.05) is 55.9 Å². The SMILES string of the molecule is CC(C)=CC(=O)NCC(=O)NCCNCc1cc2c(N3CCOCC3)nc(-c3cccc4[nH]ncc34)nn2c1. The van der Waals surface area contributed by atoms with Crippen LogP contribution in [0.2, 0.25) is 0 Å². The maximum atomic E-state index is 12.0. The van der Waals surface area contributed by atoms with Gasteiger partial charge in [0.25, 0.3) is 0 Å². The van der Waals surface area contributed by atoms with E-state index in [2.05, 4.69) is 37.1 Å². The first-order valence-corrected chi connectivity index (χ1v) is 13.0. The fourth-order valence-electron chi connectivity index (χ4n) is 4.49. The molecule has 5 rings (SSSR count). The molecule has 39 heavy (non-hydrogen) atoms. The van der Waals surface area contributed by atoms with E-state index in [-0.39, 0.29) is 18.4 Å². The van der Waals surface area contributed by atoms with Crippen molar-refractivity contribution in [1.29, 1.82) is 0 Å². The van der Waals surface area contributed by atoms with Crippen LogP contribution in [-0.2, 0) is 20.9 Å². The van der Waals surface area contributed by atoms with Gasteiger partial charge in [-0.05, 0) is 31.5 Å². The topological polar surface area (TPSA) is 142 Å². The number of ether oxygens (including phenoxy) is 1. The van der Waals surface area contributed by atoms with Gasteiger partial charge in [0.2, 0.25) is 11.8 Å². The Morgan fingerprint density at radius 1 is 1.15 bits per heavy atom. The number of nitrogens with zero attached hydrogens (tertiary/aromatic N) is 5. The lowest BCUT2D eigenvalue weighted by atomic mass is 10.1. The van der Waals surface area contributed by atoms with Crippen molar-refractivity contribution < 1.29 is 14.3 Å². The van der Waals surface area contributed by atoms with Gasteiger partial charge in [-0.2, -0.15) is 5.10 Å². The number of benzene rings is 1. The van der Waals surface area contributed by atoms with Gasteiger partial charge in [0.05, 0.1) is 31.5 Å². The molecule has 1 aliphatic heterocycles. The molecule has 1 aliphatic rings. The van der Waals surface area contributed by atoms with E-state index in [1.165, 1.54) is 6.08 Å². The zero-order valence-corrected chi connectivity index (χ0v) is 22.2. The number of morpholine rings is 1. The summed E-state index contributed by atoms with van der Waals surface area (Å²) < 4.78 is 7.46. The largest absolute Gasteiger partial charge is 0.378 e. The molecule has 0 bridgehead atoms. The second-order valence-corrected chi connectivity index (χ2v) is 9.64. The highest BCUT2D eigenvalue weighted by Gasteiger charge is 2.20. The van der Waals surface area contributed by atoms with Crippen LogP contribution < -0.4 is 20.9 Å². The molecule has 0 unspecified atom stereocenters. The van der Waals surface area contributed by atoms with Crippen molar-refractivity contribution in [1.82, 2.24) is 40.7 Å². The van der Waals surface area contributed by atoms with Crippen molar-refractivity contribution in [2.45, 2.75) is 20.4 Å². The smallest absolute Gasteiger partial charge is 0.244 e. The number of hydrogen-bond donors (Lipinski definition) is 4. The summed E-state index contributed by atoms with van der Waals surface area (Å²) in [5.74, 6) is 1.00. The van der Waals surface area contributed by atoms with E-state index in [0.29, 0.717) is 38.7 Å². The molecule has 1 saturated heterocycles. The summed E-state index contributed by atoms with van der Waals surface area (Å²) in [7, 11) is 0. The van der Waals surface area contributed by atoms with Crippen LogP contribution in [0.1, 0.15) is 19.4 Å². The molecule has 3 aromatic heterocycles. The Kier molecular flexibility index (Phi) is 8.13. The van der Waals surface area contributed by atoms with Crippen molar-refractivity contribution in [3.63, 3.8) is 0 Å². The summed E-state index contributed by atoms with van der Waals surface area (Å²) >= 11 is 0. The molecule has 1 fully saturated rings.